The van der Waals surface area contributed by atoms with Crippen molar-refractivity contribution in [2.75, 3.05) is 7.05 Å². The summed E-state index contributed by atoms with van der Waals surface area (Å²) in [4.78, 5) is 4.22. The van der Waals surface area contributed by atoms with E-state index in [-0.39, 0.29) is 0 Å². The number of hydrazine groups is 2. The first kappa shape index (κ1) is 19.7. The number of hydrogen-bond acceptors (Lipinski definition) is 6. The largest absolute Gasteiger partial charge is 0.404 e. The van der Waals surface area contributed by atoms with Crippen molar-refractivity contribution in [1.82, 2.24) is 10.4 Å². The van der Waals surface area contributed by atoms with E-state index in [1.807, 2.05) is 33.0 Å². The molecule has 0 heterocycles. The van der Waals surface area contributed by atoms with Crippen LogP contribution in [0, 0.1) is 0 Å². The van der Waals surface area contributed by atoms with Crippen LogP contribution in [-0.4, -0.2) is 18.3 Å². The van der Waals surface area contributed by atoms with Crippen LogP contribution in [0.4, 0.5) is 0 Å². The minimum Gasteiger partial charge on any atom is -0.404 e. The van der Waals surface area contributed by atoms with Crippen molar-refractivity contribution in [3.05, 3.63) is 59.2 Å². The Bertz CT molecular complexity index is 517. The fraction of sp³-hybridized carbons (Fsp3) is 0.312. The maximum atomic E-state index is 5.75. The summed E-state index contributed by atoms with van der Waals surface area (Å²) in [6.45, 7) is 9.55. The van der Waals surface area contributed by atoms with Gasteiger partial charge in [-0.05, 0) is 43.7 Å². The molecule has 0 atom stereocenters. The maximum Gasteiger partial charge on any atom is 0.143 e. The third-order valence-electron chi connectivity index (χ3n) is 2.72. The Balaban J connectivity index is 5.74. The van der Waals surface area contributed by atoms with Crippen molar-refractivity contribution in [1.29, 1.82) is 0 Å². The number of nitrogens with zero attached hydrogens (tertiary/aromatic N) is 2. The summed E-state index contributed by atoms with van der Waals surface area (Å²) in [7, 11) is 1.75. The third-order valence-corrected chi connectivity index (χ3v) is 2.72. The van der Waals surface area contributed by atoms with Gasteiger partial charge in [0.25, 0.3) is 0 Å². The third kappa shape index (κ3) is 7.47. The Labute approximate surface area is 133 Å². The molecule has 0 radical (unpaired) electrons. The minimum absolute atomic E-state index is 0.543. The average Bonchev–Trinajstić information content (AvgIpc) is 2.45. The predicted octanol–water partition coefficient (Wildman–Crippen LogP) is 1.83. The Kier molecular flexibility index (Phi) is 9.33. The van der Waals surface area contributed by atoms with Crippen LogP contribution in [0.25, 0.3) is 0 Å². The SMILES string of the molecule is C=C\C=N/C(NN)=C(C)\C(=C\N(C)N)C/C(C=C(C)C)=C/N. The number of allylic oxidation sites excluding steroid dienone is 6. The van der Waals surface area contributed by atoms with Crippen molar-refractivity contribution in [2.24, 2.45) is 22.4 Å². The Morgan fingerprint density at radius 1 is 1.32 bits per heavy atom. The zero-order chi connectivity index (χ0) is 17.1. The van der Waals surface area contributed by atoms with E-state index in [0.717, 1.165) is 16.7 Å². The van der Waals surface area contributed by atoms with Gasteiger partial charge in [0.15, 0.2) is 0 Å². The van der Waals surface area contributed by atoms with Crippen molar-refractivity contribution in [3.8, 4) is 0 Å². The van der Waals surface area contributed by atoms with E-state index in [1.54, 1.807) is 25.5 Å². The molecule has 22 heavy (non-hydrogen) atoms. The zero-order valence-corrected chi connectivity index (χ0v) is 13.9. The van der Waals surface area contributed by atoms with Crippen LogP contribution in [0.1, 0.15) is 27.2 Å². The number of nitrogens with one attached hydrogen (secondary N) is 1. The van der Waals surface area contributed by atoms with Gasteiger partial charge in [-0.25, -0.2) is 16.7 Å². The second kappa shape index (κ2) is 10.4. The van der Waals surface area contributed by atoms with Crippen LogP contribution in [-0.2, 0) is 0 Å². The standard InChI is InChI=1S/C16H28N6/c1-6-7-20-16(21-18)13(4)15(11-22(5)19)9-14(10-17)8-12(2)3/h6-8,10-11,21H,1,9,17-19H2,2-5H3/b14-10+,15-11+,16-13+,20-7-. The van der Waals surface area contributed by atoms with Gasteiger partial charge < -0.3 is 16.2 Å². The molecule has 0 bridgehead atoms. The monoisotopic (exact) mass is 304 g/mol. The minimum atomic E-state index is 0.543. The molecule has 0 aromatic carbocycles. The highest BCUT2D eigenvalue weighted by molar-refractivity contribution is 5.71. The fourth-order valence-corrected chi connectivity index (χ4v) is 1.79. The van der Waals surface area contributed by atoms with Crippen LogP contribution < -0.4 is 22.8 Å². The first-order valence-electron chi connectivity index (χ1n) is 6.92. The lowest BCUT2D eigenvalue weighted by molar-refractivity contribution is 0.480. The molecule has 0 amide bonds. The van der Waals surface area contributed by atoms with Gasteiger partial charge in [0, 0.05) is 25.9 Å². The van der Waals surface area contributed by atoms with Gasteiger partial charge in [0.2, 0.25) is 0 Å². The van der Waals surface area contributed by atoms with E-state index in [2.05, 4.69) is 17.0 Å². The van der Waals surface area contributed by atoms with Gasteiger partial charge in [-0.15, -0.1) is 0 Å². The van der Waals surface area contributed by atoms with Crippen LogP contribution in [0.3, 0.4) is 0 Å². The first-order valence-corrected chi connectivity index (χ1v) is 6.92. The molecule has 0 unspecified atom stereocenters. The Morgan fingerprint density at radius 3 is 2.36 bits per heavy atom. The molecule has 0 saturated carbocycles. The molecular weight excluding hydrogens is 276 g/mol. The average molecular weight is 304 g/mol. The lowest BCUT2D eigenvalue weighted by atomic mass is 9.99. The summed E-state index contributed by atoms with van der Waals surface area (Å²) in [5, 5.41) is 1.49. The molecule has 122 valence electrons. The molecule has 0 saturated heterocycles. The predicted molar refractivity (Wildman–Crippen MR) is 95.1 cm³/mol. The van der Waals surface area contributed by atoms with Gasteiger partial charge in [0.05, 0.1) is 0 Å². The topological polar surface area (TPSA) is 106 Å². The lowest BCUT2D eigenvalue weighted by Gasteiger charge is -2.15. The number of aliphatic imine (C=N–C) groups is 1. The maximum absolute atomic E-state index is 5.75. The van der Waals surface area contributed by atoms with Crippen LogP contribution >= 0.6 is 0 Å². The van der Waals surface area contributed by atoms with E-state index in [9.17, 15) is 0 Å². The highest BCUT2D eigenvalue weighted by Crippen LogP contribution is 2.22. The van der Waals surface area contributed by atoms with Crippen molar-refractivity contribution in [3.63, 3.8) is 0 Å². The zero-order valence-electron chi connectivity index (χ0n) is 13.9. The Hall–Kier alpha value is -2.31. The quantitative estimate of drug-likeness (QED) is 0.237. The Morgan fingerprint density at radius 2 is 1.95 bits per heavy atom. The van der Waals surface area contributed by atoms with Gasteiger partial charge in [-0.3, -0.25) is 0 Å². The molecule has 0 aromatic rings. The number of hydrogen-bond donors (Lipinski definition) is 4. The molecule has 0 spiro atoms. The molecule has 0 aliphatic carbocycles. The van der Waals surface area contributed by atoms with E-state index in [1.165, 1.54) is 10.6 Å². The van der Waals surface area contributed by atoms with Gasteiger partial charge in [-0.2, -0.15) is 0 Å². The smallest absolute Gasteiger partial charge is 0.143 e. The number of rotatable bonds is 8. The molecule has 0 aromatic heterocycles. The van der Waals surface area contributed by atoms with Crippen molar-refractivity contribution >= 4 is 6.21 Å². The van der Waals surface area contributed by atoms with Crippen LogP contribution in [0.5, 0.6) is 0 Å². The molecule has 7 N–H and O–H groups in total. The molecule has 6 heteroatoms. The summed E-state index contributed by atoms with van der Waals surface area (Å²) >= 11 is 0. The summed E-state index contributed by atoms with van der Waals surface area (Å²) < 4.78 is 0. The van der Waals surface area contributed by atoms with E-state index in [0.29, 0.717) is 12.2 Å². The molecule has 0 aliphatic rings. The normalized spacial score (nSPS) is 13.7. The van der Waals surface area contributed by atoms with Crippen molar-refractivity contribution < 1.29 is 0 Å². The van der Waals surface area contributed by atoms with Crippen molar-refractivity contribution in [2.45, 2.75) is 27.2 Å². The first-order chi connectivity index (χ1) is 10.3. The van der Waals surface area contributed by atoms with E-state index < -0.39 is 0 Å². The second-order valence-corrected chi connectivity index (χ2v) is 5.09. The van der Waals surface area contributed by atoms with E-state index >= 15 is 0 Å². The fourth-order valence-electron chi connectivity index (χ4n) is 1.79. The molecule has 6 nitrogen and oxygen atoms in total. The summed E-state index contributed by atoms with van der Waals surface area (Å²) in [5.74, 6) is 11.8. The summed E-state index contributed by atoms with van der Waals surface area (Å²) in [6.07, 6.45) is 9.20. The van der Waals surface area contributed by atoms with Crippen LogP contribution in [0.15, 0.2) is 64.2 Å². The van der Waals surface area contributed by atoms with Crippen LogP contribution in [0.2, 0.25) is 0 Å². The molecule has 0 aliphatic heterocycles. The number of nitrogens with two attached hydrogens (primary N) is 3. The highest BCUT2D eigenvalue weighted by Gasteiger charge is 2.09. The lowest BCUT2D eigenvalue weighted by Crippen LogP contribution is -2.23. The van der Waals surface area contributed by atoms with Gasteiger partial charge in [-0.1, -0.05) is 24.3 Å². The summed E-state index contributed by atoms with van der Waals surface area (Å²) in [5.41, 5.74) is 12.3. The highest BCUT2D eigenvalue weighted by atomic mass is 15.4. The molecule has 0 fully saturated rings. The van der Waals surface area contributed by atoms with Gasteiger partial charge in [0.1, 0.15) is 5.82 Å². The second-order valence-electron chi connectivity index (χ2n) is 5.09. The molecular formula is C16H28N6. The van der Waals surface area contributed by atoms with E-state index in [4.69, 9.17) is 17.4 Å². The summed E-state index contributed by atoms with van der Waals surface area (Å²) in [6, 6.07) is 0. The molecule has 0 rings (SSSR count). The van der Waals surface area contributed by atoms with Gasteiger partial charge >= 0.3 is 0 Å².